The van der Waals surface area contributed by atoms with Gasteiger partial charge in [0.2, 0.25) is 5.91 Å². The maximum Gasteiger partial charge on any atom is 0.293 e. The van der Waals surface area contributed by atoms with E-state index < -0.39 is 0 Å². The Hall–Kier alpha value is -2.93. The lowest BCUT2D eigenvalue weighted by Gasteiger charge is -2.16. The second-order valence-electron chi connectivity index (χ2n) is 6.00. The number of nitrogens with zero attached hydrogens (tertiary/aromatic N) is 2. The molecular formula is C19H17N3O3S. The van der Waals surface area contributed by atoms with Crippen LogP contribution in [0.25, 0.3) is 0 Å². The minimum Gasteiger partial charge on any atom is -0.459 e. The number of aromatic nitrogens is 1. The van der Waals surface area contributed by atoms with Crippen LogP contribution >= 0.6 is 11.3 Å². The van der Waals surface area contributed by atoms with Gasteiger partial charge in [0.25, 0.3) is 5.91 Å². The van der Waals surface area contributed by atoms with Crippen molar-refractivity contribution in [1.29, 1.82) is 0 Å². The zero-order chi connectivity index (χ0) is 17.9. The number of nitrogens with one attached hydrogen (secondary N) is 1. The van der Waals surface area contributed by atoms with Crippen LogP contribution in [0.3, 0.4) is 0 Å². The molecule has 1 aliphatic heterocycles. The smallest absolute Gasteiger partial charge is 0.293 e. The number of aryl methyl sites for hydroxylation is 1. The first kappa shape index (κ1) is 16.5. The number of thiazole rings is 1. The van der Waals surface area contributed by atoms with Gasteiger partial charge in [0.05, 0.1) is 12.0 Å². The first-order chi connectivity index (χ1) is 12.7. The number of fused-ring (bicyclic) bond motifs is 1. The van der Waals surface area contributed by atoms with Gasteiger partial charge in [0.1, 0.15) is 0 Å². The first-order valence-corrected chi connectivity index (χ1v) is 9.26. The van der Waals surface area contributed by atoms with Crippen LogP contribution < -0.4 is 10.2 Å². The van der Waals surface area contributed by atoms with Gasteiger partial charge in [-0.25, -0.2) is 4.98 Å². The van der Waals surface area contributed by atoms with Crippen molar-refractivity contribution in [2.24, 2.45) is 0 Å². The van der Waals surface area contributed by atoms with Gasteiger partial charge in [-0.05, 0) is 36.6 Å². The summed E-state index contributed by atoms with van der Waals surface area (Å²) in [6.07, 6.45) is 3.29. The minimum absolute atomic E-state index is 0.101. The number of amides is 2. The normalized spacial score (nSPS) is 12.8. The lowest BCUT2D eigenvalue weighted by Crippen LogP contribution is -2.29. The van der Waals surface area contributed by atoms with E-state index in [1.165, 1.54) is 23.2 Å². The van der Waals surface area contributed by atoms with Gasteiger partial charge in [-0.3, -0.25) is 14.9 Å². The maximum atomic E-state index is 12.5. The molecule has 1 N–H and O–H groups in total. The molecule has 2 amide bonds. The molecule has 1 aromatic carbocycles. The minimum atomic E-state index is -0.333. The molecule has 0 atom stereocenters. The van der Waals surface area contributed by atoms with Gasteiger partial charge in [-0.15, -0.1) is 11.3 Å². The zero-order valence-electron chi connectivity index (χ0n) is 14.0. The Morgan fingerprint density at radius 2 is 2.12 bits per heavy atom. The number of para-hydroxylation sites is 1. The van der Waals surface area contributed by atoms with Crippen molar-refractivity contribution in [2.45, 2.75) is 19.3 Å². The van der Waals surface area contributed by atoms with E-state index in [1.807, 2.05) is 28.5 Å². The Balaban J connectivity index is 1.34. The summed E-state index contributed by atoms with van der Waals surface area (Å²) in [6.45, 7) is 0.736. The molecule has 0 saturated carbocycles. The molecule has 4 rings (SSSR count). The molecule has 2 aromatic heterocycles. The Bertz CT molecular complexity index is 933. The SMILES string of the molecule is O=C(Nc1nc(CCC(=O)N2CCc3ccccc32)cs1)c1ccco1. The third kappa shape index (κ3) is 3.39. The van der Waals surface area contributed by atoms with Crippen LogP contribution in [0, 0.1) is 0 Å². The van der Waals surface area contributed by atoms with E-state index in [9.17, 15) is 9.59 Å². The lowest BCUT2D eigenvalue weighted by atomic mass is 10.2. The molecule has 0 fully saturated rings. The summed E-state index contributed by atoms with van der Waals surface area (Å²) in [5.74, 6) is 0.00870. The number of anilines is 2. The average molecular weight is 367 g/mol. The van der Waals surface area contributed by atoms with Crippen molar-refractivity contribution in [2.75, 3.05) is 16.8 Å². The number of hydrogen-bond donors (Lipinski definition) is 1. The summed E-state index contributed by atoms with van der Waals surface area (Å²) >= 11 is 1.34. The largest absolute Gasteiger partial charge is 0.459 e. The van der Waals surface area contributed by atoms with Crippen molar-refractivity contribution < 1.29 is 14.0 Å². The molecule has 3 heterocycles. The van der Waals surface area contributed by atoms with E-state index in [1.54, 1.807) is 12.1 Å². The molecule has 7 heteroatoms. The number of hydrogen-bond acceptors (Lipinski definition) is 5. The maximum absolute atomic E-state index is 12.5. The highest BCUT2D eigenvalue weighted by atomic mass is 32.1. The van der Waals surface area contributed by atoms with Crippen LogP contribution in [0.5, 0.6) is 0 Å². The molecule has 0 radical (unpaired) electrons. The van der Waals surface area contributed by atoms with Crippen LogP contribution in [-0.2, 0) is 17.6 Å². The van der Waals surface area contributed by atoms with Crippen molar-refractivity contribution in [1.82, 2.24) is 4.98 Å². The van der Waals surface area contributed by atoms with Gasteiger partial charge < -0.3 is 9.32 Å². The van der Waals surface area contributed by atoms with E-state index >= 15 is 0 Å². The molecule has 26 heavy (non-hydrogen) atoms. The Morgan fingerprint density at radius 3 is 2.96 bits per heavy atom. The van der Waals surface area contributed by atoms with Gasteiger partial charge >= 0.3 is 0 Å². The average Bonchev–Trinajstić information content (AvgIpc) is 3.39. The molecule has 0 spiro atoms. The number of furan rings is 1. The van der Waals surface area contributed by atoms with Gasteiger partial charge in [-0.1, -0.05) is 18.2 Å². The Kier molecular flexibility index (Phi) is 4.53. The summed E-state index contributed by atoms with van der Waals surface area (Å²) in [4.78, 5) is 30.7. The first-order valence-electron chi connectivity index (χ1n) is 8.38. The Morgan fingerprint density at radius 1 is 1.23 bits per heavy atom. The second-order valence-corrected chi connectivity index (χ2v) is 6.86. The van der Waals surface area contributed by atoms with Crippen molar-refractivity contribution in [3.05, 3.63) is 65.1 Å². The number of carbonyl (C=O) groups excluding carboxylic acids is 2. The molecular weight excluding hydrogens is 350 g/mol. The van der Waals surface area contributed by atoms with Gasteiger partial charge in [0, 0.05) is 24.0 Å². The highest BCUT2D eigenvalue weighted by Crippen LogP contribution is 2.28. The third-order valence-electron chi connectivity index (χ3n) is 4.30. The molecule has 0 saturated heterocycles. The van der Waals surface area contributed by atoms with Crippen LogP contribution in [0.15, 0.2) is 52.5 Å². The van der Waals surface area contributed by atoms with E-state index in [4.69, 9.17) is 4.42 Å². The van der Waals surface area contributed by atoms with Crippen molar-refractivity contribution in [3.8, 4) is 0 Å². The van der Waals surface area contributed by atoms with Crippen LogP contribution in [-0.4, -0.2) is 23.3 Å². The number of rotatable bonds is 5. The molecule has 0 aliphatic carbocycles. The number of carbonyl (C=O) groups is 2. The standard InChI is InChI=1S/C19H17N3O3S/c23-17(22-10-9-13-4-1-2-5-15(13)22)8-7-14-12-26-19(20-14)21-18(24)16-6-3-11-25-16/h1-6,11-12H,7-10H2,(H,20,21,24). The van der Waals surface area contributed by atoms with Crippen LogP contribution in [0.2, 0.25) is 0 Å². The molecule has 0 bridgehead atoms. The highest BCUT2D eigenvalue weighted by molar-refractivity contribution is 7.13. The topological polar surface area (TPSA) is 75.4 Å². The summed E-state index contributed by atoms with van der Waals surface area (Å²) in [6, 6.07) is 11.3. The third-order valence-corrected chi connectivity index (χ3v) is 5.11. The highest BCUT2D eigenvalue weighted by Gasteiger charge is 2.23. The van der Waals surface area contributed by atoms with E-state index in [2.05, 4.69) is 16.4 Å². The van der Waals surface area contributed by atoms with E-state index in [0.29, 0.717) is 18.0 Å². The van der Waals surface area contributed by atoms with Crippen molar-refractivity contribution >= 4 is 34.0 Å². The fourth-order valence-corrected chi connectivity index (χ4v) is 3.75. The molecule has 1 aliphatic rings. The Labute approximate surface area is 154 Å². The fraction of sp³-hybridized carbons (Fsp3) is 0.211. The second kappa shape index (κ2) is 7.13. The van der Waals surface area contributed by atoms with Crippen LogP contribution in [0.4, 0.5) is 10.8 Å². The zero-order valence-corrected chi connectivity index (χ0v) is 14.8. The summed E-state index contributed by atoms with van der Waals surface area (Å²) in [5, 5.41) is 5.06. The van der Waals surface area contributed by atoms with E-state index in [0.717, 1.165) is 24.3 Å². The molecule has 0 unspecified atom stereocenters. The summed E-state index contributed by atoms with van der Waals surface area (Å²) in [7, 11) is 0. The van der Waals surface area contributed by atoms with Crippen LogP contribution in [0.1, 0.15) is 28.2 Å². The quantitative estimate of drug-likeness (QED) is 0.749. The van der Waals surface area contributed by atoms with Crippen molar-refractivity contribution in [3.63, 3.8) is 0 Å². The monoisotopic (exact) mass is 367 g/mol. The summed E-state index contributed by atoms with van der Waals surface area (Å²) in [5.41, 5.74) is 3.03. The molecule has 132 valence electrons. The molecule has 3 aromatic rings. The molecule has 6 nitrogen and oxygen atoms in total. The lowest BCUT2D eigenvalue weighted by molar-refractivity contribution is -0.118. The summed E-state index contributed by atoms with van der Waals surface area (Å²) < 4.78 is 5.05. The van der Waals surface area contributed by atoms with Gasteiger partial charge in [-0.2, -0.15) is 0 Å². The van der Waals surface area contributed by atoms with Gasteiger partial charge in [0.15, 0.2) is 10.9 Å². The fourth-order valence-electron chi connectivity index (χ4n) is 3.01. The predicted molar refractivity (Wildman–Crippen MR) is 99.6 cm³/mol. The number of benzene rings is 1. The predicted octanol–water partition coefficient (Wildman–Crippen LogP) is 3.51. The van der Waals surface area contributed by atoms with E-state index in [-0.39, 0.29) is 17.6 Å².